The van der Waals surface area contributed by atoms with Gasteiger partial charge in [-0.2, -0.15) is 0 Å². The average Bonchev–Trinajstić information content (AvgIpc) is 3.22. The van der Waals surface area contributed by atoms with Gasteiger partial charge >= 0.3 is 5.97 Å². The van der Waals surface area contributed by atoms with Crippen molar-refractivity contribution in [1.29, 1.82) is 0 Å². The number of thioether (sulfide) groups is 1. The molecule has 1 unspecified atom stereocenters. The van der Waals surface area contributed by atoms with E-state index < -0.39 is 5.97 Å². The summed E-state index contributed by atoms with van der Waals surface area (Å²) in [5, 5.41) is 11.7. The second kappa shape index (κ2) is 11.8. The molecule has 3 nitrogen and oxygen atoms in total. The third-order valence-electron chi connectivity index (χ3n) is 6.46. The summed E-state index contributed by atoms with van der Waals surface area (Å²) in [5.74, 6) is 0.502. The summed E-state index contributed by atoms with van der Waals surface area (Å²) in [6.45, 7) is -0.252. The van der Waals surface area contributed by atoms with Crippen LogP contribution in [0.4, 0.5) is 4.39 Å². The van der Waals surface area contributed by atoms with E-state index in [0.717, 1.165) is 40.0 Å². The number of ether oxygens (including phenoxy) is 1. The van der Waals surface area contributed by atoms with E-state index in [1.807, 2.05) is 30.3 Å². The molecule has 3 aromatic rings. The molecule has 0 saturated heterocycles. The Morgan fingerprint density at radius 3 is 2.68 bits per heavy atom. The second-order valence-electron chi connectivity index (χ2n) is 8.56. The third kappa shape index (κ3) is 5.88. The van der Waals surface area contributed by atoms with E-state index in [9.17, 15) is 9.18 Å². The lowest BCUT2D eigenvalue weighted by molar-refractivity contribution is -0.144. The first-order valence-electron chi connectivity index (χ1n) is 11.5. The Morgan fingerprint density at radius 2 is 1.91 bits per heavy atom. The molecule has 7 heteroatoms. The zero-order valence-corrected chi connectivity index (χ0v) is 21.0. The zero-order chi connectivity index (χ0) is 24.1. The van der Waals surface area contributed by atoms with Crippen LogP contribution in [0.15, 0.2) is 59.5 Å². The number of carbonyl (C=O) groups excluding carboxylic acids is 1. The number of hydrogen-bond donors (Lipinski definition) is 1. The van der Waals surface area contributed by atoms with Gasteiger partial charge in [-0.25, -0.2) is 4.39 Å². The minimum absolute atomic E-state index is 0.0350. The highest BCUT2D eigenvalue weighted by Gasteiger charge is 2.36. The quantitative estimate of drug-likeness (QED) is 0.187. The normalized spacial score (nSPS) is 20.1. The maximum Gasteiger partial charge on any atom is 0.306 e. The topological polar surface area (TPSA) is 46.5 Å². The predicted octanol–water partition coefficient (Wildman–Crippen LogP) is 6.99. The van der Waals surface area contributed by atoms with Crippen molar-refractivity contribution in [3.05, 3.63) is 76.6 Å². The van der Waals surface area contributed by atoms with Crippen LogP contribution < -0.4 is 0 Å². The minimum Gasteiger partial charge on any atom is -0.463 e. The molecule has 180 valence electrons. The van der Waals surface area contributed by atoms with Crippen LogP contribution in [0.25, 0.3) is 10.8 Å². The maximum absolute atomic E-state index is 14.9. The molecule has 0 heterocycles. The molecule has 1 aliphatic rings. The van der Waals surface area contributed by atoms with Gasteiger partial charge < -0.3 is 9.84 Å². The largest absolute Gasteiger partial charge is 0.463 e. The van der Waals surface area contributed by atoms with Gasteiger partial charge in [0, 0.05) is 32.9 Å². The Labute approximate surface area is 213 Å². The maximum atomic E-state index is 14.9. The number of benzene rings is 3. The number of hydrogen-bond acceptors (Lipinski definition) is 4. The highest BCUT2D eigenvalue weighted by atomic mass is 35.5. The van der Waals surface area contributed by atoms with Crippen molar-refractivity contribution < 1.29 is 19.0 Å². The summed E-state index contributed by atoms with van der Waals surface area (Å²) >= 11 is 14.9. The lowest BCUT2D eigenvalue weighted by Gasteiger charge is -2.23. The summed E-state index contributed by atoms with van der Waals surface area (Å²) in [6.07, 6.45) is 2.17. The Morgan fingerprint density at radius 1 is 1.12 bits per heavy atom. The molecule has 0 aliphatic heterocycles. The van der Waals surface area contributed by atoms with Crippen molar-refractivity contribution in [3.63, 3.8) is 0 Å². The number of fused-ring (bicyclic) bond motifs is 1. The fourth-order valence-corrected chi connectivity index (χ4v) is 6.72. The lowest BCUT2D eigenvalue weighted by Crippen LogP contribution is -2.17. The van der Waals surface area contributed by atoms with E-state index in [4.69, 9.17) is 33.0 Å². The van der Waals surface area contributed by atoms with Gasteiger partial charge in [0.1, 0.15) is 12.4 Å². The molecule has 34 heavy (non-hydrogen) atoms. The summed E-state index contributed by atoms with van der Waals surface area (Å²) in [4.78, 5) is 12.8. The predicted molar refractivity (Wildman–Crippen MR) is 138 cm³/mol. The average molecular weight is 521 g/mol. The number of rotatable bonds is 9. The van der Waals surface area contributed by atoms with E-state index in [-0.39, 0.29) is 49.1 Å². The van der Waals surface area contributed by atoms with Crippen LogP contribution >= 0.6 is 35.0 Å². The molecule has 0 aromatic heterocycles. The number of halogens is 3. The smallest absolute Gasteiger partial charge is 0.306 e. The van der Waals surface area contributed by atoms with E-state index in [0.29, 0.717) is 5.56 Å². The second-order valence-corrected chi connectivity index (χ2v) is 10.6. The van der Waals surface area contributed by atoms with Crippen LogP contribution in [0.2, 0.25) is 5.02 Å². The number of carbonyl (C=O) groups is 1. The zero-order valence-electron chi connectivity index (χ0n) is 18.7. The molecular weight excluding hydrogens is 494 g/mol. The SMILES string of the molecule is O=C(CCc1ccc([C@H]2CCC(Cl)[C@@H]2CSc2ccc(Cl)c3ccccc23)cc1F)OCCO. The third-order valence-corrected chi connectivity index (χ3v) is 8.55. The van der Waals surface area contributed by atoms with Gasteiger partial charge in [0.05, 0.1) is 6.61 Å². The van der Waals surface area contributed by atoms with Gasteiger partial charge in [0.2, 0.25) is 0 Å². The minimum atomic E-state index is -0.440. The van der Waals surface area contributed by atoms with Gasteiger partial charge in [-0.3, -0.25) is 4.79 Å². The van der Waals surface area contributed by atoms with Crippen LogP contribution in [0, 0.1) is 11.7 Å². The van der Waals surface area contributed by atoms with E-state index in [1.165, 1.54) is 4.90 Å². The number of aliphatic hydroxyl groups is 1. The summed E-state index contributed by atoms with van der Waals surface area (Å²) < 4.78 is 19.7. The number of esters is 1. The van der Waals surface area contributed by atoms with Gasteiger partial charge in [0.15, 0.2) is 0 Å². The molecule has 1 N–H and O–H groups in total. The molecule has 0 amide bonds. The fraction of sp³-hybridized carbons (Fsp3) is 0.370. The molecule has 1 aliphatic carbocycles. The Balaban J connectivity index is 1.45. The van der Waals surface area contributed by atoms with Crippen molar-refractivity contribution in [2.45, 2.75) is 41.9 Å². The Kier molecular flexibility index (Phi) is 8.75. The van der Waals surface area contributed by atoms with Gasteiger partial charge in [-0.15, -0.1) is 23.4 Å². The van der Waals surface area contributed by atoms with E-state index in [2.05, 4.69) is 12.1 Å². The highest BCUT2D eigenvalue weighted by Crippen LogP contribution is 2.46. The molecular formula is C27H27Cl2FO3S. The van der Waals surface area contributed by atoms with Gasteiger partial charge in [0.25, 0.3) is 0 Å². The monoisotopic (exact) mass is 520 g/mol. The number of aryl methyl sites for hydroxylation is 1. The molecule has 0 spiro atoms. The van der Waals surface area contributed by atoms with Crippen LogP contribution in [0.1, 0.15) is 36.3 Å². The first kappa shape index (κ1) is 25.3. The number of aliphatic hydroxyl groups excluding tert-OH is 1. The van der Waals surface area contributed by atoms with Crippen LogP contribution in [0.5, 0.6) is 0 Å². The van der Waals surface area contributed by atoms with Crippen molar-refractivity contribution >= 4 is 51.7 Å². The van der Waals surface area contributed by atoms with Gasteiger partial charge in [-0.05, 0) is 65.8 Å². The lowest BCUT2D eigenvalue weighted by atomic mass is 9.89. The Bertz CT molecular complexity index is 1160. The summed E-state index contributed by atoms with van der Waals surface area (Å²) in [5.41, 5.74) is 1.45. The highest BCUT2D eigenvalue weighted by molar-refractivity contribution is 7.99. The summed E-state index contributed by atoms with van der Waals surface area (Å²) in [6, 6.07) is 17.4. The Hall–Kier alpha value is -1.79. The molecule has 0 bridgehead atoms. The summed E-state index contributed by atoms with van der Waals surface area (Å²) in [7, 11) is 0. The standard InChI is InChI=1S/C27H27Cl2FO3S/c28-23-10-11-26(21-4-2-1-3-20(21)23)34-16-22-19(8-9-24(22)29)18-6-5-17(25(30)15-18)7-12-27(32)33-14-13-31/h1-6,10-11,15,19,22,24,31H,7-9,12-14,16H2/t19-,22-,24?/m1/s1. The molecule has 4 rings (SSSR count). The molecule has 1 saturated carbocycles. The van der Waals surface area contributed by atoms with Crippen molar-refractivity contribution in [3.8, 4) is 0 Å². The van der Waals surface area contributed by atoms with Crippen LogP contribution in [-0.4, -0.2) is 35.4 Å². The van der Waals surface area contributed by atoms with Crippen molar-refractivity contribution in [1.82, 2.24) is 0 Å². The molecule has 3 aromatic carbocycles. The molecule has 1 fully saturated rings. The van der Waals surface area contributed by atoms with Crippen molar-refractivity contribution in [2.75, 3.05) is 19.0 Å². The van der Waals surface area contributed by atoms with Crippen molar-refractivity contribution in [2.24, 2.45) is 5.92 Å². The van der Waals surface area contributed by atoms with Gasteiger partial charge in [-0.1, -0.05) is 48.0 Å². The number of alkyl halides is 1. The van der Waals surface area contributed by atoms with Crippen LogP contribution in [-0.2, 0) is 16.0 Å². The molecule has 3 atom stereocenters. The van der Waals surface area contributed by atoms with E-state index >= 15 is 0 Å². The van der Waals surface area contributed by atoms with E-state index in [1.54, 1.807) is 23.9 Å². The first-order valence-corrected chi connectivity index (χ1v) is 13.3. The fourth-order valence-electron chi connectivity index (χ4n) is 4.67. The molecule has 0 radical (unpaired) electrons. The van der Waals surface area contributed by atoms with Crippen LogP contribution in [0.3, 0.4) is 0 Å². The first-order chi connectivity index (χ1) is 16.5.